The van der Waals surface area contributed by atoms with Crippen LogP contribution in [0.25, 0.3) is 0 Å². The van der Waals surface area contributed by atoms with Crippen LogP contribution in [0.3, 0.4) is 0 Å². The second kappa shape index (κ2) is 8.01. The lowest BCUT2D eigenvalue weighted by atomic mass is 10.6. The minimum Gasteiger partial charge on any atom is -0.458 e. The lowest BCUT2D eigenvalue weighted by Gasteiger charge is -2.19. The largest absolute Gasteiger partial charge is 0.458 e. The molecule has 0 amide bonds. The van der Waals surface area contributed by atoms with Gasteiger partial charge < -0.3 is 4.12 Å². The van der Waals surface area contributed by atoms with Gasteiger partial charge in [0.15, 0.2) is 18.1 Å². The normalized spacial score (nSPS) is 13.8. The van der Waals surface area contributed by atoms with Gasteiger partial charge in [-0.05, 0) is 24.2 Å². The second-order valence-corrected chi connectivity index (χ2v) is 9.25. The fraction of sp³-hybridized carbons (Fsp3) is 1.00. The highest BCUT2D eigenvalue weighted by Crippen LogP contribution is 2.09. The molecule has 0 fully saturated rings. The van der Waals surface area contributed by atoms with E-state index in [2.05, 4.69) is 27.7 Å². The van der Waals surface area contributed by atoms with Gasteiger partial charge in [-0.3, -0.25) is 0 Å². The smallest absolute Gasteiger partial charge is 0.197 e. The van der Waals surface area contributed by atoms with Crippen molar-refractivity contribution in [2.24, 2.45) is 0 Å². The maximum atomic E-state index is 6.18. The van der Waals surface area contributed by atoms with E-state index in [9.17, 15) is 0 Å². The van der Waals surface area contributed by atoms with Crippen LogP contribution >= 0.6 is 0 Å². The summed E-state index contributed by atoms with van der Waals surface area (Å²) in [5.74, 6) is 0. The predicted molar refractivity (Wildman–Crippen MR) is 60.5 cm³/mol. The highest BCUT2D eigenvalue weighted by Gasteiger charge is 2.14. The number of hydrogen-bond acceptors (Lipinski definition) is 1. The Kier molecular flexibility index (Phi) is 8.28. The maximum absolute atomic E-state index is 6.18. The molecule has 0 aromatic rings. The van der Waals surface area contributed by atoms with E-state index in [1.807, 2.05) is 0 Å². The molecular weight excluding hydrogens is 180 g/mol. The van der Waals surface area contributed by atoms with Crippen LogP contribution in [0, 0.1) is 0 Å². The first-order valence-electron chi connectivity index (χ1n) is 5.29. The van der Waals surface area contributed by atoms with E-state index in [1.54, 1.807) is 0 Å². The Labute approximate surface area is 81.0 Å². The van der Waals surface area contributed by atoms with E-state index in [0.717, 1.165) is 0 Å². The topological polar surface area (TPSA) is 9.23 Å². The minimum atomic E-state index is -0.761. The molecule has 0 aromatic carbocycles. The van der Waals surface area contributed by atoms with Gasteiger partial charge in [0.2, 0.25) is 0 Å². The number of rotatable bonds is 7. The Morgan fingerprint density at radius 3 is 2.00 bits per heavy atom. The molecule has 0 spiro atoms. The highest BCUT2D eigenvalue weighted by atomic mass is 28.4. The summed E-state index contributed by atoms with van der Waals surface area (Å²) in [5, 5.41) is 0. The quantitative estimate of drug-likeness (QED) is 0.578. The Morgan fingerprint density at radius 1 is 1.08 bits per heavy atom. The van der Waals surface area contributed by atoms with Crippen molar-refractivity contribution >= 4 is 18.1 Å². The Bertz CT molecular complexity index is 94.5. The molecule has 0 aliphatic heterocycles. The Hall–Kier alpha value is 0.394. The van der Waals surface area contributed by atoms with Gasteiger partial charge in [-0.2, -0.15) is 0 Å². The predicted octanol–water partition coefficient (Wildman–Crippen LogP) is 3.19. The monoisotopic (exact) mass is 203 g/mol. The molecule has 12 heavy (non-hydrogen) atoms. The van der Waals surface area contributed by atoms with Crippen LogP contribution in [0.2, 0.25) is 24.2 Å². The van der Waals surface area contributed by atoms with Crippen molar-refractivity contribution in [3.8, 4) is 0 Å². The average Bonchev–Trinajstić information content (AvgIpc) is 2.12. The molecule has 0 aliphatic carbocycles. The molecule has 1 unspecified atom stereocenters. The molecule has 1 nitrogen and oxygen atoms in total. The zero-order valence-electron chi connectivity index (χ0n) is 9.02. The summed E-state index contributed by atoms with van der Waals surface area (Å²) < 4.78 is 6.18. The molecule has 0 bridgehead atoms. The Morgan fingerprint density at radius 2 is 1.67 bits per heavy atom. The van der Waals surface area contributed by atoms with E-state index < -0.39 is 18.1 Å². The van der Waals surface area contributed by atoms with Crippen molar-refractivity contribution in [1.29, 1.82) is 0 Å². The average molecular weight is 203 g/mol. The van der Waals surface area contributed by atoms with Gasteiger partial charge in [-0.15, -0.1) is 0 Å². The third-order valence-corrected chi connectivity index (χ3v) is 8.56. The lowest BCUT2D eigenvalue weighted by Crippen LogP contribution is -2.27. The molecule has 73 valence electrons. The summed E-state index contributed by atoms with van der Waals surface area (Å²) in [6.45, 7) is 9.09. The summed E-state index contributed by atoms with van der Waals surface area (Å²) in [6.07, 6.45) is 1.31. The van der Waals surface area contributed by atoms with E-state index in [1.165, 1.54) is 30.6 Å². The van der Waals surface area contributed by atoms with Crippen LogP contribution < -0.4 is 0 Å². The van der Waals surface area contributed by atoms with Crippen LogP contribution in [0.5, 0.6) is 0 Å². The SMILES string of the molecule is CCC[SiH](CC)O[Si](CC)CC. The van der Waals surface area contributed by atoms with Crippen molar-refractivity contribution in [2.75, 3.05) is 0 Å². The molecule has 1 atom stereocenters. The van der Waals surface area contributed by atoms with Crippen molar-refractivity contribution in [3.05, 3.63) is 0 Å². The van der Waals surface area contributed by atoms with Crippen molar-refractivity contribution in [2.45, 2.75) is 58.3 Å². The van der Waals surface area contributed by atoms with Crippen molar-refractivity contribution < 1.29 is 4.12 Å². The molecular formula is C9H23OSi2. The molecule has 3 heteroatoms. The fourth-order valence-electron chi connectivity index (χ4n) is 1.32. The van der Waals surface area contributed by atoms with Gasteiger partial charge in [0.25, 0.3) is 0 Å². The molecule has 0 saturated carbocycles. The fourth-order valence-corrected chi connectivity index (χ4v) is 7.23. The molecule has 0 heterocycles. The summed E-state index contributed by atoms with van der Waals surface area (Å²) in [7, 11) is -1.16. The zero-order valence-corrected chi connectivity index (χ0v) is 11.2. The van der Waals surface area contributed by atoms with Crippen molar-refractivity contribution in [1.82, 2.24) is 0 Å². The second-order valence-electron chi connectivity index (χ2n) is 3.18. The van der Waals surface area contributed by atoms with E-state index in [0.29, 0.717) is 0 Å². The highest BCUT2D eigenvalue weighted by molar-refractivity contribution is 6.65. The molecule has 0 saturated heterocycles. The van der Waals surface area contributed by atoms with Gasteiger partial charge in [0.1, 0.15) is 0 Å². The first-order chi connectivity index (χ1) is 5.78. The molecule has 0 aromatic heterocycles. The molecule has 0 aliphatic rings. The van der Waals surface area contributed by atoms with Gasteiger partial charge in [0.05, 0.1) is 0 Å². The third kappa shape index (κ3) is 5.11. The molecule has 0 N–H and O–H groups in total. The van der Waals surface area contributed by atoms with Gasteiger partial charge in [0, 0.05) is 0 Å². The first kappa shape index (κ1) is 12.4. The van der Waals surface area contributed by atoms with Gasteiger partial charge in [-0.1, -0.05) is 34.1 Å². The van der Waals surface area contributed by atoms with Crippen LogP contribution in [-0.4, -0.2) is 18.1 Å². The van der Waals surface area contributed by atoms with Crippen LogP contribution in [0.4, 0.5) is 0 Å². The van der Waals surface area contributed by atoms with Crippen LogP contribution in [0.15, 0.2) is 0 Å². The minimum absolute atomic E-state index is 0.394. The summed E-state index contributed by atoms with van der Waals surface area (Å²) in [5.41, 5.74) is 0. The molecule has 1 radical (unpaired) electrons. The lowest BCUT2D eigenvalue weighted by molar-refractivity contribution is 0.572. The van der Waals surface area contributed by atoms with Crippen LogP contribution in [0.1, 0.15) is 34.1 Å². The van der Waals surface area contributed by atoms with Gasteiger partial charge >= 0.3 is 0 Å². The standard InChI is InChI=1S/C9H23OSi2/c1-5-9-12(8-4)10-11(6-2)7-3/h12H,5-9H2,1-4H3. The first-order valence-corrected chi connectivity index (χ1v) is 9.22. The van der Waals surface area contributed by atoms with Crippen molar-refractivity contribution in [3.63, 3.8) is 0 Å². The van der Waals surface area contributed by atoms with Gasteiger partial charge in [-0.25, -0.2) is 0 Å². The third-order valence-electron chi connectivity index (χ3n) is 2.19. The maximum Gasteiger partial charge on any atom is 0.197 e. The van der Waals surface area contributed by atoms with E-state index >= 15 is 0 Å². The summed E-state index contributed by atoms with van der Waals surface area (Å²) in [4.78, 5) is 0. The zero-order chi connectivity index (χ0) is 9.40. The van der Waals surface area contributed by atoms with E-state index in [4.69, 9.17) is 4.12 Å². The van der Waals surface area contributed by atoms with E-state index in [-0.39, 0.29) is 0 Å². The summed E-state index contributed by atoms with van der Waals surface area (Å²) >= 11 is 0. The summed E-state index contributed by atoms with van der Waals surface area (Å²) in [6, 6.07) is 5.27. The molecule has 0 rings (SSSR count). The van der Waals surface area contributed by atoms with Crippen LogP contribution in [-0.2, 0) is 4.12 Å². The Balaban J connectivity index is 3.65. The number of hydrogen-bond donors (Lipinski definition) is 0.